The molecule has 2 N–H and O–H groups in total. The number of nitrogen functional groups attached to an aromatic ring is 1. The molecule has 0 radical (unpaired) electrons. The fraction of sp³-hybridized carbons (Fsp3) is 0.235. The van der Waals surface area contributed by atoms with Gasteiger partial charge in [-0.3, -0.25) is 4.79 Å². The quantitative estimate of drug-likeness (QED) is 0.495. The van der Waals surface area contributed by atoms with E-state index in [4.69, 9.17) is 5.84 Å². The second-order valence-corrected chi connectivity index (χ2v) is 7.37. The molecule has 0 saturated carbocycles. The van der Waals surface area contributed by atoms with E-state index >= 15 is 0 Å². The molecule has 0 spiro atoms. The second-order valence-electron chi connectivity index (χ2n) is 5.48. The van der Waals surface area contributed by atoms with Crippen LogP contribution in [0.1, 0.15) is 12.5 Å². The molecule has 136 valence electrons. The second kappa shape index (κ2) is 8.33. The molecule has 1 aromatic carbocycles. The van der Waals surface area contributed by atoms with Crippen LogP contribution in [0.5, 0.6) is 0 Å². The predicted octanol–water partition coefficient (Wildman–Crippen LogP) is 3.00. The molecule has 0 aliphatic carbocycles. The van der Waals surface area contributed by atoms with Crippen LogP contribution in [0.2, 0.25) is 0 Å². The summed E-state index contributed by atoms with van der Waals surface area (Å²) in [5.41, 5.74) is 0.757. The van der Waals surface area contributed by atoms with Gasteiger partial charge in [-0.25, -0.2) is 9.07 Å². The number of carbonyl (C=O) groups is 1. The molecule has 0 unspecified atom stereocenters. The molecule has 0 fully saturated rings. The predicted molar refractivity (Wildman–Crippen MR) is 102 cm³/mol. The summed E-state index contributed by atoms with van der Waals surface area (Å²) in [6.07, 6.45) is 0. The van der Waals surface area contributed by atoms with Gasteiger partial charge in [0.05, 0.1) is 10.6 Å². The lowest BCUT2D eigenvalue weighted by molar-refractivity contribution is -0.128. The zero-order valence-corrected chi connectivity index (χ0v) is 15.8. The van der Waals surface area contributed by atoms with Crippen molar-refractivity contribution in [3.63, 3.8) is 0 Å². The Bertz CT molecular complexity index is 881. The topological polar surface area (TPSA) is 77.0 Å². The lowest BCUT2D eigenvalue weighted by atomic mass is 10.2. The maximum Gasteiger partial charge on any atom is 0.233 e. The summed E-state index contributed by atoms with van der Waals surface area (Å²) in [6.45, 7) is 2.79. The minimum atomic E-state index is -0.308. The van der Waals surface area contributed by atoms with Gasteiger partial charge in [-0.15, -0.1) is 21.5 Å². The Morgan fingerprint density at radius 2 is 2.19 bits per heavy atom. The van der Waals surface area contributed by atoms with Crippen molar-refractivity contribution >= 4 is 29.0 Å². The number of thioether (sulfide) groups is 1. The summed E-state index contributed by atoms with van der Waals surface area (Å²) in [5.74, 6) is 6.42. The smallest absolute Gasteiger partial charge is 0.233 e. The van der Waals surface area contributed by atoms with Crippen LogP contribution in [0.25, 0.3) is 10.7 Å². The lowest BCUT2D eigenvalue weighted by Crippen LogP contribution is -2.32. The standard InChI is InChI=1S/C17H18FN5OS2/c1-2-22(10-12-5-3-6-13(18)9-12)15(24)11-26-17-21-20-16(23(17)19)14-7-4-8-25-14/h3-9H,2,10-11,19H2,1H3. The fourth-order valence-corrected chi connectivity index (χ4v) is 3.86. The van der Waals surface area contributed by atoms with Crippen molar-refractivity contribution in [2.24, 2.45) is 0 Å². The summed E-state index contributed by atoms with van der Waals surface area (Å²) in [4.78, 5) is 15.1. The van der Waals surface area contributed by atoms with Crippen LogP contribution in [0.15, 0.2) is 46.9 Å². The molecule has 0 bridgehead atoms. The van der Waals surface area contributed by atoms with E-state index in [1.807, 2.05) is 24.4 Å². The summed E-state index contributed by atoms with van der Waals surface area (Å²) >= 11 is 2.75. The fourth-order valence-electron chi connectivity index (χ4n) is 2.40. The van der Waals surface area contributed by atoms with Crippen molar-refractivity contribution in [3.05, 3.63) is 53.2 Å². The van der Waals surface area contributed by atoms with E-state index in [1.165, 1.54) is 39.9 Å². The van der Waals surface area contributed by atoms with Crippen LogP contribution in [0.4, 0.5) is 4.39 Å². The third-order valence-electron chi connectivity index (χ3n) is 3.73. The number of aromatic nitrogens is 3. The van der Waals surface area contributed by atoms with Gasteiger partial charge in [0.15, 0.2) is 5.82 Å². The largest absolute Gasteiger partial charge is 0.338 e. The van der Waals surface area contributed by atoms with E-state index in [2.05, 4.69) is 10.2 Å². The Hall–Kier alpha value is -2.39. The van der Waals surface area contributed by atoms with Gasteiger partial charge < -0.3 is 10.7 Å². The molecule has 0 atom stereocenters. The molecule has 26 heavy (non-hydrogen) atoms. The number of hydrogen-bond acceptors (Lipinski definition) is 6. The number of carbonyl (C=O) groups excluding carboxylic acids is 1. The molecule has 3 rings (SSSR count). The molecule has 1 amide bonds. The van der Waals surface area contributed by atoms with Crippen molar-refractivity contribution < 1.29 is 9.18 Å². The zero-order valence-electron chi connectivity index (χ0n) is 14.1. The van der Waals surface area contributed by atoms with Crippen molar-refractivity contribution in [1.82, 2.24) is 19.8 Å². The molecule has 3 aromatic rings. The summed E-state index contributed by atoms with van der Waals surface area (Å²) < 4.78 is 14.7. The first-order valence-electron chi connectivity index (χ1n) is 7.98. The van der Waals surface area contributed by atoms with E-state index < -0.39 is 0 Å². The number of benzene rings is 1. The maximum atomic E-state index is 13.3. The minimum absolute atomic E-state index is 0.0672. The Labute approximate surface area is 158 Å². The molecular weight excluding hydrogens is 373 g/mol. The van der Waals surface area contributed by atoms with Gasteiger partial charge in [-0.2, -0.15) is 0 Å². The lowest BCUT2D eigenvalue weighted by Gasteiger charge is -2.20. The highest BCUT2D eigenvalue weighted by atomic mass is 32.2. The SMILES string of the molecule is CCN(Cc1cccc(F)c1)C(=O)CSc1nnc(-c2cccs2)n1N. The number of amides is 1. The van der Waals surface area contributed by atoms with Gasteiger partial charge in [0.2, 0.25) is 11.1 Å². The summed E-state index contributed by atoms with van der Waals surface area (Å²) in [6, 6.07) is 10.1. The average molecular weight is 391 g/mol. The first-order valence-corrected chi connectivity index (χ1v) is 9.84. The molecule has 2 aromatic heterocycles. The molecule has 2 heterocycles. The minimum Gasteiger partial charge on any atom is -0.338 e. The van der Waals surface area contributed by atoms with Crippen LogP contribution in [0, 0.1) is 5.82 Å². The highest BCUT2D eigenvalue weighted by Crippen LogP contribution is 2.25. The summed E-state index contributed by atoms with van der Waals surface area (Å²) in [5, 5.41) is 10.6. The average Bonchev–Trinajstić information content (AvgIpc) is 3.27. The van der Waals surface area contributed by atoms with Gasteiger partial charge in [-0.05, 0) is 36.1 Å². The highest BCUT2D eigenvalue weighted by Gasteiger charge is 2.17. The zero-order chi connectivity index (χ0) is 18.5. The number of halogens is 1. The first kappa shape index (κ1) is 18.4. The number of rotatable bonds is 7. The highest BCUT2D eigenvalue weighted by molar-refractivity contribution is 7.99. The Morgan fingerprint density at radius 3 is 2.88 bits per heavy atom. The normalized spacial score (nSPS) is 10.8. The molecule has 6 nitrogen and oxygen atoms in total. The number of thiophene rings is 1. The first-order chi connectivity index (χ1) is 12.6. The third kappa shape index (κ3) is 4.23. The van der Waals surface area contributed by atoms with E-state index in [9.17, 15) is 9.18 Å². The molecule has 0 saturated heterocycles. The van der Waals surface area contributed by atoms with Crippen LogP contribution < -0.4 is 5.84 Å². The maximum absolute atomic E-state index is 13.3. The van der Waals surface area contributed by atoms with Gasteiger partial charge in [0.1, 0.15) is 5.82 Å². The van der Waals surface area contributed by atoms with Crippen molar-refractivity contribution in [2.45, 2.75) is 18.6 Å². The van der Waals surface area contributed by atoms with E-state index in [-0.39, 0.29) is 17.5 Å². The third-order valence-corrected chi connectivity index (χ3v) is 5.52. The van der Waals surface area contributed by atoms with Crippen molar-refractivity contribution in [1.29, 1.82) is 0 Å². The number of nitrogens with two attached hydrogens (primary N) is 1. The van der Waals surface area contributed by atoms with Crippen molar-refractivity contribution in [3.8, 4) is 10.7 Å². The van der Waals surface area contributed by atoms with Crippen LogP contribution in [-0.2, 0) is 11.3 Å². The molecule has 0 aliphatic heterocycles. The van der Waals surface area contributed by atoms with Gasteiger partial charge in [-0.1, -0.05) is 30.0 Å². The Balaban J connectivity index is 1.62. The van der Waals surface area contributed by atoms with E-state index in [0.717, 1.165) is 10.4 Å². The monoisotopic (exact) mass is 391 g/mol. The Kier molecular flexibility index (Phi) is 5.89. The number of hydrogen-bond donors (Lipinski definition) is 1. The van der Waals surface area contributed by atoms with Crippen LogP contribution >= 0.6 is 23.1 Å². The van der Waals surface area contributed by atoms with Gasteiger partial charge in [0, 0.05) is 13.1 Å². The van der Waals surface area contributed by atoms with Gasteiger partial charge in [0.25, 0.3) is 0 Å². The van der Waals surface area contributed by atoms with Crippen LogP contribution in [0.3, 0.4) is 0 Å². The van der Waals surface area contributed by atoms with E-state index in [1.54, 1.807) is 17.0 Å². The molecule has 0 aliphatic rings. The van der Waals surface area contributed by atoms with Gasteiger partial charge >= 0.3 is 0 Å². The molecule has 9 heteroatoms. The Morgan fingerprint density at radius 1 is 1.35 bits per heavy atom. The summed E-state index contributed by atoms with van der Waals surface area (Å²) in [7, 11) is 0. The van der Waals surface area contributed by atoms with Crippen molar-refractivity contribution in [2.75, 3.05) is 18.1 Å². The van der Waals surface area contributed by atoms with E-state index in [0.29, 0.717) is 24.1 Å². The molecular formula is C17H18FN5OS2. The van der Waals surface area contributed by atoms with Crippen LogP contribution in [-0.4, -0.2) is 38.0 Å². The number of nitrogens with zero attached hydrogens (tertiary/aromatic N) is 4.